The quantitative estimate of drug-likeness (QED) is 0.731. The molecule has 1 aromatic rings. The standard InChI is InChI=1S/C17H26N2O4/c1-3-21-15-4-6-16(7-5-15)23-10-8-18-17(20)13-19-9-11-22-14(2)12-19/h4-7,14H,3,8-13H2,1-2H3,(H,18,20). The molecule has 0 bridgehead atoms. The van der Waals surface area contributed by atoms with Crippen molar-refractivity contribution in [2.45, 2.75) is 20.0 Å². The number of carbonyl (C=O) groups excluding carboxylic acids is 1. The van der Waals surface area contributed by atoms with E-state index in [-0.39, 0.29) is 12.0 Å². The van der Waals surface area contributed by atoms with Gasteiger partial charge in [0.2, 0.25) is 5.91 Å². The molecule has 1 saturated heterocycles. The summed E-state index contributed by atoms with van der Waals surface area (Å²) in [5.74, 6) is 1.62. The average Bonchev–Trinajstić information content (AvgIpc) is 2.53. The first-order valence-electron chi connectivity index (χ1n) is 8.13. The molecule has 0 aromatic heterocycles. The molecule has 1 aliphatic heterocycles. The summed E-state index contributed by atoms with van der Waals surface area (Å²) in [5.41, 5.74) is 0. The fourth-order valence-corrected chi connectivity index (χ4v) is 2.45. The fraction of sp³-hybridized carbons (Fsp3) is 0.588. The molecule has 1 aromatic carbocycles. The average molecular weight is 322 g/mol. The molecule has 23 heavy (non-hydrogen) atoms. The molecule has 0 aliphatic carbocycles. The zero-order chi connectivity index (χ0) is 16.5. The summed E-state index contributed by atoms with van der Waals surface area (Å²) in [5, 5.41) is 2.88. The lowest BCUT2D eigenvalue weighted by Crippen LogP contribution is -2.46. The predicted octanol–water partition coefficient (Wildman–Crippen LogP) is 1.30. The second-order valence-corrected chi connectivity index (χ2v) is 5.52. The van der Waals surface area contributed by atoms with Gasteiger partial charge in [-0.15, -0.1) is 0 Å². The third kappa shape index (κ3) is 6.46. The van der Waals surface area contributed by atoms with E-state index >= 15 is 0 Å². The highest BCUT2D eigenvalue weighted by Gasteiger charge is 2.18. The van der Waals surface area contributed by atoms with E-state index in [1.165, 1.54) is 0 Å². The maximum absolute atomic E-state index is 11.9. The van der Waals surface area contributed by atoms with Crippen LogP contribution in [-0.4, -0.2) is 62.9 Å². The summed E-state index contributed by atoms with van der Waals surface area (Å²) < 4.78 is 16.4. The monoisotopic (exact) mass is 322 g/mol. The van der Waals surface area contributed by atoms with Crippen molar-refractivity contribution in [3.05, 3.63) is 24.3 Å². The van der Waals surface area contributed by atoms with E-state index in [0.717, 1.165) is 24.6 Å². The number of nitrogens with one attached hydrogen (secondary N) is 1. The minimum absolute atomic E-state index is 0.0226. The minimum atomic E-state index is 0.0226. The van der Waals surface area contributed by atoms with E-state index < -0.39 is 0 Å². The number of carbonyl (C=O) groups is 1. The van der Waals surface area contributed by atoms with Gasteiger partial charge in [-0.25, -0.2) is 0 Å². The minimum Gasteiger partial charge on any atom is -0.494 e. The van der Waals surface area contributed by atoms with E-state index in [1.54, 1.807) is 0 Å². The number of morpholine rings is 1. The first-order valence-corrected chi connectivity index (χ1v) is 8.13. The van der Waals surface area contributed by atoms with Crippen molar-refractivity contribution >= 4 is 5.91 Å². The Hall–Kier alpha value is -1.79. The maximum Gasteiger partial charge on any atom is 0.234 e. The summed E-state index contributed by atoms with van der Waals surface area (Å²) in [6, 6.07) is 7.47. The van der Waals surface area contributed by atoms with Crippen LogP contribution >= 0.6 is 0 Å². The number of ether oxygens (including phenoxy) is 3. The Morgan fingerprint density at radius 2 is 2.00 bits per heavy atom. The SMILES string of the molecule is CCOc1ccc(OCCNC(=O)CN2CCOC(C)C2)cc1. The highest BCUT2D eigenvalue weighted by molar-refractivity contribution is 5.78. The van der Waals surface area contributed by atoms with Gasteiger partial charge in [0.25, 0.3) is 0 Å². The number of hydrogen-bond donors (Lipinski definition) is 1. The number of benzene rings is 1. The molecule has 1 amide bonds. The van der Waals surface area contributed by atoms with E-state index in [4.69, 9.17) is 14.2 Å². The molecule has 128 valence electrons. The molecule has 1 aliphatic rings. The van der Waals surface area contributed by atoms with Crippen LogP contribution in [0, 0.1) is 0 Å². The van der Waals surface area contributed by atoms with E-state index in [2.05, 4.69) is 10.2 Å². The van der Waals surface area contributed by atoms with Gasteiger partial charge in [-0.3, -0.25) is 9.69 Å². The summed E-state index contributed by atoms with van der Waals surface area (Å²) in [6.45, 7) is 8.27. The molecule has 1 N–H and O–H groups in total. The van der Waals surface area contributed by atoms with Crippen molar-refractivity contribution in [3.8, 4) is 11.5 Å². The molecule has 1 atom stereocenters. The first kappa shape index (κ1) is 17.6. The largest absolute Gasteiger partial charge is 0.494 e. The van der Waals surface area contributed by atoms with Crippen LogP contribution in [0.25, 0.3) is 0 Å². The van der Waals surface area contributed by atoms with Crippen LogP contribution in [0.5, 0.6) is 11.5 Å². The van der Waals surface area contributed by atoms with Crippen LogP contribution in [-0.2, 0) is 9.53 Å². The summed E-state index contributed by atoms with van der Waals surface area (Å²) in [4.78, 5) is 14.0. The molecule has 0 radical (unpaired) electrons. The smallest absolute Gasteiger partial charge is 0.234 e. The van der Waals surface area contributed by atoms with Crippen molar-refractivity contribution in [1.29, 1.82) is 0 Å². The van der Waals surface area contributed by atoms with Crippen LogP contribution in [0.1, 0.15) is 13.8 Å². The second-order valence-electron chi connectivity index (χ2n) is 5.52. The Bertz CT molecular complexity index is 478. The number of rotatable bonds is 8. The molecule has 1 unspecified atom stereocenters. The summed E-state index contributed by atoms with van der Waals surface area (Å²) in [7, 11) is 0. The van der Waals surface area contributed by atoms with Gasteiger partial charge in [-0.1, -0.05) is 0 Å². The highest BCUT2D eigenvalue weighted by Crippen LogP contribution is 2.17. The van der Waals surface area contributed by atoms with Gasteiger partial charge < -0.3 is 19.5 Å². The maximum atomic E-state index is 11.9. The molecule has 6 nitrogen and oxygen atoms in total. The molecule has 1 heterocycles. The van der Waals surface area contributed by atoms with Crippen LogP contribution in [0.15, 0.2) is 24.3 Å². The summed E-state index contributed by atoms with van der Waals surface area (Å²) in [6.07, 6.45) is 0.194. The topological polar surface area (TPSA) is 60.0 Å². The molecular formula is C17H26N2O4. The first-order chi connectivity index (χ1) is 11.2. The lowest BCUT2D eigenvalue weighted by Gasteiger charge is -2.30. The van der Waals surface area contributed by atoms with Gasteiger partial charge in [0.1, 0.15) is 18.1 Å². The lowest BCUT2D eigenvalue weighted by atomic mass is 10.3. The molecular weight excluding hydrogens is 296 g/mol. The molecule has 1 fully saturated rings. The highest BCUT2D eigenvalue weighted by atomic mass is 16.5. The Kier molecular flexibility index (Phi) is 7.16. The Morgan fingerprint density at radius 1 is 1.30 bits per heavy atom. The fourth-order valence-electron chi connectivity index (χ4n) is 2.45. The van der Waals surface area contributed by atoms with Crippen LogP contribution in [0.4, 0.5) is 0 Å². The van der Waals surface area contributed by atoms with Gasteiger partial charge >= 0.3 is 0 Å². The van der Waals surface area contributed by atoms with Gasteiger partial charge in [0.05, 0.1) is 32.4 Å². The summed E-state index contributed by atoms with van der Waals surface area (Å²) >= 11 is 0. The van der Waals surface area contributed by atoms with Crippen LogP contribution < -0.4 is 14.8 Å². The molecule has 0 saturated carbocycles. The van der Waals surface area contributed by atoms with Crippen LogP contribution in [0.3, 0.4) is 0 Å². The normalized spacial score (nSPS) is 18.4. The second kappa shape index (κ2) is 9.37. The van der Waals surface area contributed by atoms with Gasteiger partial charge in [-0.05, 0) is 38.1 Å². The van der Waals surface area contributed by atoms with E-state index in [9.17, 15) is 4.79 Å². The van der Waals surface area contributed by atoms with E-state index in [0.29, 0.717) is 32.9 Å². The number of nitrogens with zero attached hydrogens (tertiary/aromatic N) is 1. The number of hydrogen-bond acceptors (Lipinski definition) is 5. The molecule has 6 heteroatoms. The zero-order valence-electron chi connectivity index (χ0n) is 13.9. The van der Waals surface area contributed by atoms with Crippen molar-refractivity contribution in [3.63, 3.8) is 0 Å². The van der Waals surface area contributed by atoms with Crippen LogP contribution in [0.2, 0.25) is 0 Å². The predicted molar refractivity (Wildman–Crippen MR) is 88.0 cm³/mol. The van der Waals surface area contributed by atoms with Crippen molar-refractivity contribution in [1.82, 2.24) is 10.2 Å². The van der Waals surface area contributed by atoms with Crippen molar-refractivity contribution < 1.29 is 19.0 Å². The Balaban J connectivity index is 1.60. The third-order valence-electron chi connectivity index (χ3n) is 3.52. The Morgan fingerprint density at radius 3 is 2.65 bits per heavy atom. The van der Waals surface area contributed by atoms with Gasteiger partial charge in [0, 0.05) is 13.1 Å². The third-order valence-corrected chi connectivity index (χ3v) is 3.52. The molecule has 2 rings (SSSR count). The van der Waals surface area contributed by atoms with Crippen molar-refractivity contribution in [2.75, 3.05) is 46.0 Å². The number of amides is 1. The lowest BCUT2D eigenvalue weighted by molar-refractivity contribution is -0.124. The van der Waals surface area contributed by atoms with E-state index in [1.807, 2.05) is 38.1 Å². The molecule has 0 spiro atoms. The van der Waals surface area contributed by atoms with Gasteiger partial charge in [-0.2, -0.15) is 0 Å². The van der Waals surface area contributed by atoms with Crippen molar-refractivity contribution in [2.24, 2.45) is 0 Å². The zero-order valence-corrected chi connectivity index (χ0v) is 13.9. The Labute approximate surface area is 137 Å². The van der Waals surface area contributed by atoms with Gasteiger partial charge in [0.15, 0.2) is 0 Å².